The van der Waals surface area contributed by atoms with Gasteiger partial charge in [0.15, 0.2) is 0 Å². The van der Waals surface area contributed by atoms with E-state index in [9.17, 15) is 0 Å². The summed E-state index contributed by atoms with van der Waals surface area (Å²) in [5.74, 6) is 0. The van der Waals surface area contributed by atoms with E-state index in [-0.39, 0.29) is 0 Å². The summed E-state index contributed by atoms with van der Waals surface area (Å²) < 4.78 is 0. The van der Waals surface area contributed by atoms with Gasteiger partial charge >= 0.3 is 0 Å². The maximum Gasteiger partial charge on any atom is 0.0453 e. The van der Waals surface area contributed by atoms with Crippen LogP contribution in [0, 0.1) is 0 Å². The van der Waals surface area contributed by atoms with E-state index in [4.69, 9.17) is 11.6 Å². The van der Waals surface area contributed by atoms with Gasteiger partial charge in [-0.2, -0.15) is 0 Å². The summed E-state index contributed by atoms with van der Waals surface area (Å²) in [6, 6.07) is 8.51. The lowest BCUT2D eigenvalue weighted by molar-refractivity contribution is 0.179. The molecule has 2 rings (SSSR count). The average Bonchev–Trinajstić information content (AvgIpc) is 2.87. The van der Waals surface area contributed by atoms with Gasteiger partial charge in [-0.15, -0.1) is 0 Å². The topological polar surface area (TPSA) is 15.3 Å². The van der Waals surface area contributed by atoms with Crippen molar-refractivity contribution in [3.63, 3.8) is 0 Å². The van der Waals surface area contributed by atoms with Crippen LogP contribution < -0.4 is 5.32 Å². The van der Waals surface area contributed by atoms with Crippen molar-refractivity contribution >= 4 is 11.6 Å². The highest BCUT2D eigenvalue weighted by Gasteiger charge is 2.33. The van der Waals surface area contributed by atoms with Crippen LogP contribution in [0.2, 0.25) is 5.02 Å². The maximum atomic E-state index is 6.31. The number of benzene rings is 1. The molecule has 0 spiro atoms. The molecule has 1 aromatic rings. The molecule has 2 unspecified atom stereocenters. The number of nitrogens with one attached hydrogen (secondary N) is 1. The van der Waals surface area contributed by atoms with Gasteiger partial charge in [0.2, 0.25) is 0 Å². The quantitative estimate of drug-likeness (QED) is 0.881. The van der Waals surface area contributed by atoms with Crippen molar-refractivity contribution in [1.29, 1.82) is 0 Å². The molecule has 0 amide bonds. The van der Waals surface area contributed by atoms with Crippen LogP contribution in [0.1, 0.15) is 44.7 Å². The number of likely N-dealkylation sites (N-methyl/N-ethyl adjacent to an activating group) is 1. The van der Waals surface area contributed by atoms with E-state index in [1.807, 2.05) is 12.1 Å². The van der Waals surface area contributed by atoms with E-state index >= 15 is 0 Å². The molecule has 1 aliphatic rings. The van der Waals surface area contributed by atoms with Crippen molar-refractivity contribution in [2.45, 2.75) is 44.7 Å². The summed E-state index contributed by atoms with van der Waals surface area (Å²) in [4.78, 5) is 2.42. The van der Waals surface area contributed by atoms with E-state index in [0.717, 1.165) is 18.1 Å². The fourth-order valence-corrected chi connectivity index (χ4v) is 3.38. The molecule has 1 aliphatic heterocycles. The first-order chi connectivity index (χ1) is 9.08. The molecule has 0 saturated carbocycles. The molecular formula is C16H25ClN2. The molecule has 0 radical (unpaired) electrons. The van der Waals surface area contributed by atoms with Crippen LogP contribution in [-0.2, 0) is 0 Å². The van der Waals surface area contributed by atoms with Gasteiger partial charge in [0, 0.05) is 23.1 Å². The fourth-order valence-electron chi connectivity index (χ4n) is 3.08. The fraction of sp³-hybridized carbons (Fsp3) is 0.625. The number of hydrogen-bond donors (Lipinski definition) is 1. The molecule has 106 valence electrons. The van der Waals surface area contributed by atoms with Crippen LogP contribution in [0.15, 0.2) is 24.3 Å². The molecular weight excluding hydrogens is 256 g/mol. The first kappa shape index (κ1) is 14.8. The van der Waals surface area contributed by atoms with Crippen LogP contribution in [0.3, 0.4) is 0 Å². The molecule has 19 heavy (non-hydrogen) atoms. The molecule has 2 nitrogen and oxygen atoms in total. The third kappa shape index (κ3) is 3.31. The molecule has 0 aliphatic carbocycles. The molecule has 1 aromatic carbocycles. The van der Waals surface area contributed by atoms with Crippen LogP contribution in [0.4, 0.5) is 0 Å². The van der Waals surface area contributed by atoms with Crippen molar-refractivity contribution in [3.05, 3.63) is 34.9 Å². The Balaban J connectivity index is 2.07. The third-order valence-electron chi connectivity index (χ3n) is 4.58. The van der Waals surface area contributed by atoms with E-state index in [2.05, 4.69) is 43.2 Å². The third-order valence-corrected chi connectivity index (χ3v) is 4.92. The van der Waals surface area contributed by atoms with Crippen LogP contribution >= 0.6 is 11.6 Å². The molecule has 1 saturated heterocycles. The van der Waals surface area contributed by atoms with Gasteiger partial charge in [-0.25, -0.2) is 0 Å². The van der Waals surface area contributed by atoms with Gasteiger partial charge in [0.25, 0.3) is 0 Å². The smallest absolute Gasteiger partial charge is 0.0453 e. The number of nitrogens with zero attached hydrogens (tertiary/aromatic N) is 1. The van der Waals surface area contributed by atoms with Crippen molar-refractivity contribution < 1.29 is 0 Å². The van der Waals surface area contributed by atoms with Gasteiger partial charge in [0.1, 0.15) is 0 Å². The Kier molecular flexibility index (Phi) is 4.88. The first-order valence-electron chi connectivity index (χ1n) is 7.28. The molecule has 1 N–H and O–H groups in total. The molecule has 3 heteroatoms. The zero-order chi connectivity index (χ0) is 13.9. The Morgan fingerprint density at radius 2 is 2.16 bits per heavy atom. The van der Waals surface area contributed by atoms with Gasteiger partial charge in [-0.3, -0.25) is 4.90 Å². The van der Waals surface area contributed by atoms with E-state index in [1.54, 1.807) is 0 Å². The Morgan fingerprint density at radius 3 is 2.74 bits per heavy atom. The summed E-state index contributed by atoms with van der Waals surface area (Å²) in [5, 5.41) is 4.56. The molecule has 0 aromatic heterocycles. The lowest BCUT2D eigenvalue weighted by Crippen LogP contribution is -2.48. The Hall–Kier alpha value is -0.570. The summed E-state index contributed by atoms with van der Waals surface area (Å²) in [6.45, 7) is 6.75. The number of hydrogen-bond acceptors (Lipinski definition) is 2. The summed E-state index contributed by atoms with van der Waals surface area (Å²) in [5.41, 5.74) is 1.51. The lowest BCUT2D eigenvalue weighted by Gasteiger charge is -2.36. The predicted octanol–water partition coefficient (Wildman–Crippen LogP) is 3.87. The SMILES string of the molecule is CCC1(CN(C)C(C)c2ccccc2Cl)CCCN1. The van der Waals surface area contributed by atoms with E-state index < -0.39 is 0 Å². The van der Waals surface area contributed by atoms with Crippen molar-refractivity contribution in [2.75, 3.05) is 20.1 Å². The predicted molar refractivity (Wildman–Crippen MR) is 82.8 cm³/mol. The zero-order valence-electron chi connectivity index (χ0n) is 12.2. The standard InChI is InChI=1S/C16H25ClN2/c1-4-16(10-7-11-18-16)12-19(3)13(2)14-8-5-6-9-15(14)17/h5-6,8-9,13,18H,4,7,10-12H2,1-3H3. The van der Waals surface area contributed by atoms with Gasteiger partial charge < -0.3 is 5.32 Å². The summed E-state index contributed by atoms with van der Waals surface area (Å²) >= 11 is 6.31. The van der Waals surface area contributed by atoms with Gasteiger partial charge in [-0.1, -0.05) is 36.7 Å². The van der Waals surface area contributed by atoms with E-state index in [1.165, 1.54) is 24.8 Å². The highest BCUT2D eigenvalue weighted by molar-refractivity contribution is 6.31. The molecule has 0 bridgehead atoms. The second-order valence-corrected chi connectivity index (χ2v) is 6.18. The van der Waals surface area contributed by atoms with Gasteiger partial charge in [0.05, 0.1) is 0 Å². The highest BCUT2D eigenvalue weighted by atomic mass is 35.5. The Morgan fingerprint density at radius 1 is 1.42 bits per heavy atom. The van der Waals surface area contributed by atoms with Crippen molar-refractivity contribution in [2.24, 2.45) is 0 Å². The Labute approximate surface area is 122 Å². The summed E-state index contributed by atoms with van der Waals surface area (Å²) in [6.07, 6.45) is 3.76. The van der Waals surface area contributed by atoms with Crippen LogP contribution in [-0.4, -0.2) is 30.6 Å². The highest BCUT2D eigenvalue weighted by Crippen LogP contribution is 2.30. The lowest BCUT2D eigenvalue weighted by atomic mass is 9.92. The molecule has 1 fully saturated rings. The summed E-state index contributed by atoms with van der Waals surface area (Å²) in [7, 11) is 2.20. The molecule has 2 atom stereocenters. The van der Waals surface area contributed by atoms with Crippen LogP contribution in [0.25, 0.3) is 0 Å². The van der Waals surface area contributed by atoms with E-state index in [0.29, 0.717) is 11.6 Å². The minimum atomic E-state index is 0.296. The number of halogens is 1. The normalized spacial score (nSPS) is 24.9. The zero-order valence-corrected chi connectivity index (χ0v) is 13.0. The van der Waals surface area contributed by atoms with Crippen molar-refractivity contribution in [1.82, 2.24) is 10.2 Å². The monoisotopic (exact) mass is 280 g/mol. The maximum absolute atomic E-state index is 6.31. The van der Waals surface area contributed by atoms with Crippen molar-refractivity contribution in [3.8, 4) is 0 Å². The first-order valence-corrected chi connectivity index (χ1v) is 7.65. The largest absolute Gasteiger partial charge is 0.310 e. The minimum absolute atomic E-state index is 0.296. The number of rotatable bonds is 5. The average molecular weight is 281 g/mol. The minimum Gasteiger partial charge on any atom is -0.310 e. The molecule has 1 heterocycles. The van der Waals surface area contributed by atoms with Crippen LogP contribution in [0.5, 0.6) is 0 Å². The Bertz CT molecular complexity index is 413. The van der Waals surface area contributed by atoms with Gasteiger partial charge in [-0.05, 0) is 51.4 Å². The second-order valence-electron chi connectivity index (χ2n) is 5.78. The second kappa shape index (κ2) is 6.25.